The molecule has 0 bridgehead atoms. The number of Topliss-reactive ketones (excluding diaryl/α,β-unsaturated/α-hetero) is 1. The van der Waals surface area contributed by atoms with Gasteiger partial charge in [-0.05, 0) is 19.4 Å². The van der Waals surface area contributed by atoms with E-state index in [0.717, 1.165) is 24.9 Å². The van der Waals surface area contributed by atoms with Crippen LogP contribution in [0.1, 0.15) is 30.1 Å². The molecule has 1 aromatic carbocycles. The fourth-order valence-corrected chi connectivity index (χ4v) is 3.69. The van der Waals surface area contributed by atoms with E-state index in [1.165, 1.54) is 0 Å². The molecule has 2 atom stereocenters. The van der Waals surface area contributed by atoms with Crippen LogP contribution in [0.2, 0.25) is 0 Å². The van der Waals surface area contributed by atoms with Crippen molar-refractivity contribution in [3.63, 3.8) is 0 Å². The van der Waals surface area contributed by atoms with Crippen molar-refractivity contribution < 1.29 is 4.79 Å². The Bertz CT molecular complexity index is 457. The predicted molar refractivity (Wildman–Crippen MR) is 88.3 cm³/mol. The van der Waals surface area contributed by atoms with Crippen LogP contribution in [0.3, 0.4) is 0 Å². The van der Waals surface area contributed by atoms with Gasteiger partial charge >= 0.3 is 0 Å². The Morgan fingerprint density at radius 3 is 2.33 bits per heavy atom. The van der Waals surface area contributed by atoms with E-state index < -0.39 is 0 Å². The molecule has 5 heteroatoms. The van der Waals surface area contributed by atoms with Crippen molar-refractivity contribution in [1.82, 2.24) is 4.90 Å². The lowest BCUT2D eigenvalue weighted by Gasteiger charge is -2.39. The third kappa shape index (κ3) is 4.19. The Hall–Kier alpha value is -0.610. The first kappa shape index (κ1) is 16.8. The Balaban J connectivity index is 2.01. The summed E-state index contributed by atoms with van der Waals surface area (Å²) in [5.74, 6) is 0.129. The second kappa shape index (κ2) is 7.59. The number of halogens is 2. The van der Waals surface area contributed by atoms with Crippen molar-refractivity contribution in [2.24, 2.45) is 5.73 Å². The molecule has 116 valence electrons. The van der Waals surface area contributed by atoms with E-state index >= 15 is 0 Å². The molecule has 0 aromatic heterocycles. The standard InChI is InChI=1S/C16H22Cl2N2O/c1-2-20(10-15(21)11-6-4-3-5-7-11)12-8-13(17)16(19)14(18)9-12/h3-7,12-14,16H,2,8-10,19H2,1H3. The first-order valence-corrected chi connectivity index (χ1v) is 8.26. The number of alkyl halides is 2. The highest BCUT2D eigenvalue weighted by Crippen LogP contribution is 2.29. The molecule has 0 radical (unpaired) electrons. The largest absolute Gasteiger partial charge is 0.325 e. The summed E-state index contributed by atoms with van der Waals surface area (Å²) in [7, 11) is 0. The fraction of sp³-hybridized carbons (Fsp3) is 0.562. The van der Waals surface area contributed by atoms with Crippen LogP contribution in [0.5, 0.6) is 0 Å². The van der Waals surface area contributed by atoms with E-state index in [9.17, 15) is 4.79 Å². The minimum Gasteiger partial charge on any atom is -0.325 e. The topological polar surface area (TPSA) is 46.3 Å². The van der Waals surface area contributed by atoms with Crippen molar-refractivity contribution in [3.05, 3.63) is 35.9 Å². The summed E-state index contributed by atoms with van der Waals surface area (Å²) in [5, 5.41) is -0.265. The number of hydrogen-bond acceptors (Lipinski definition) is 3. The van der Waals surface area contributed by atoms with Crippen molar-refractivity contribution in [1.29, 1.82) is 0 Å². The molecular weight excluding hydrogens is 307 g/mol. The fourth-order valence-electron chi connectivity index (χ4n) is 2.85. The third-order valence-corrected chi connectivity index (χ3v) is 5.13. The van der Waals surface area contributed by atoms with Crippen molar-refractivity contribution in [2.75, 3.05) is 13.1 Å². The van der Waals surface area contributed by atoms with Crippen LogP contribution in [-0.4, -0.2) is 46.6 Å². The van der Waals surface area contributed by atoms with Gasteiger partial charge in [0.2, 0.25) is 0 Å². The van der Waals surface area contributed by atoms with E-state index in [2.05, 4.69) is 11.8 Å². The Morgan fingerprint density at radius 2 is 1.81 bits per heavy atom. The number of carbonyl (C=O) groups excluding carboxylic acids is 1. The molecular formula is C16H22Cl2N2O. The molecule has 2 unspecified atom stereocenters. The van der Waals surface area contributed by atoms with Crippen molar-refractivity contribution in [2.45, 2.75) is 42.6 Å². The SMILES string of the molecule is CCN(CC(=O)c1ccccc1)C1CC(Cl)C(N)C(Cl)C1. The number of nitrogens with zero attached hydrogens (tertiary/aromatic N) is 1. The molecule has 2 rings (SSSR count). The highest BCUT2D eigenvalue weighted by atomic mass is 35.5. The number of nitrogens with two attached hydrogens (primary N) is 1. The maximum atomic E-state index is 12.4. The second-order valence-corrected chi connectivity index (χ2v) is 6.71. The molecule has 0 saturated heterocycles. The predicted octanol–water partition coefficient (Wildman–Crippen LogP) is 2.90. The summed E-state index contributed by atoms with van der Waals surface area (Å²) in [6, 6.07) is 9.41. The van der Waals surface area contributed by atoms with Gasteiger partial charge in [0.05, 0.1) is 17.3 Å². The van der Waals surface area contributed by atoms with Gasteiger partial charge in [0.15, 0.2) is 5.78 Å². The monoisotopic (exact) mass is 328 g/mol. The van der Waals surface area contributed by atoms with Crippen LogP contribution in [-0.2, 0) is 0 Å². The molecule has 1 aromatic rings. The number of hydrogen-bond donors (Lipinski definition) is 1. The first-order chi connectivity index (χ1) is 10.0. The average Bonchev–Trinajstić information content (AvgIpc) is 2.50. The summed E-state index contributed by atoms with van der Waals surface area (Å²) >= 11 is 12.6. The minimum atomic E-state index is -0.173. The van der Waals surface area contributed by atoms with Gasteiger partial charge in [-0.15, -0.1) is 23.2 Å². The normalized spacial score (nSPS) is 29.6. The maximum Gasteiger partial charge on any atom is 0.176 e. The van der Waals surface area contributed by atoms with Crippen LogP contribution in [0.25, 0.3) is 0 Å². The van der Waals surface area contributed by atoms with Gasteiger partial charge in [-0.3, -0.25) is 9.69 Å². The zero-order valence-corrected chi connectivity index (χ0v) is 13.7. The number of ketones is 1. The molecule has 0 amide bonds. The molecule has 1 fully saturated rings. The summed E-state index contributed by atoms with van der Waals surface area (Å²) in [6.45, 7) is 3.25. The van der Waals surface area contributed by atoms with E-state index in [1.54, 1.807) is 0 Å². The van der Waals surface area contributed by atoms with E-state index in [0.29, 0.717) is 6.54 Å². The lowest BCUT2D eigenvalue weighted by molar-refractivity contribution is 0.0866. The molecule has 2 N–H and O–H groups in total. The average molecular weight is 329 g/mol. The lowest BCUT2D eigenvalue weighted by atomic mass is 9.89. The highest BCUT2D eigenvalue weighted by molar-refractivity contribution is 6.24. The quantitative estimate of drug-likeness (QED) is 0.667. The molecule has 1 saturated carbocycles. The Morgan fingerprint density at radius 1 is 1.24 bits per heavy atom. The van der Waals surface area contributed by atoms with Gasteiger partial charge in [0.1, 0.15) is 0 Å². The minimum absolute atomic E-state index is 0.129. The molecule has 1 aliphatic rings. The lowest BCUT2D eigenvalue weighted by Crippen LogP contribution is -2.52. The molecule has 3 nitrogen and oxygen atoms in total. The van der Waals surface area contributed by atoms with Crippen molar-refractivity contribution in [3.8, 4) is 0 Å². The number of rotatable bonds is 5. The highest BCUT2D eigenvalue weighted by Gasteiger charge is 2.36. The molecule has 0 spiro atoms. The van der Waals surface area contributed by atoms with Gasteiger partial charge < -0.3 is 5.73 Å². The maximum absolute atomic E-state index is 12.4. The summed E-state index contributed by atoms with van der Waals surface area (Å²) in [5.41, 5.74) is 6.71. The first-order valence-electron chi connectivity index (χ1n) is 7.39. The van der Waals surface area contributed by atoms with Crippen LogP contribution in [0.4, 0.5) is 0 Å². The zero-order chi connectivity index (χ0) is 15.4. The number of carbonyl (C=O) groups is 1. The molecule has 21 heavy (non-hydrogen) atoms. The zero-order valence-electron chi connectivity index (χ0n) is 12.2. The number of benzene rings is 1. The van der Waals surface area contributed by atoms with Crippen LogP contribution in [0.15, 0.2) is 30.3 Å². The van der Waals surface area contributed by atoms with Gasteiger partial charge in [-0.2, -0.15) is 0 Å². The molecule has 1 aliphatic carbocycles. The van der Waals surface area contributed by atoms with Crippen LogP contribution in [0, 0.1) is 0 Å². The Labute approximate surface area is 136 Å². The van der Waals surface area contributed by atoms with Crippen LogP contribution < -0.4 is 5.73 Å². The van der Waals surface area contributed by atoms with Gasteiger partial charge in [-0.25, -0.2) is 0 Å². The van der Waals surface area contributed by atoms with Crippen molar-refractivity contribution >= 4 is 29.0 Å². The van der Waals surface area contributed by atoms with Crippen LogP contribution >= 0.6 is 23.2 Å². The molecule has 0 heterocycles. The summed E-state index contributed by atoms with van der Waals surface area (Å²) < 4.78 is 0. The number of likely N-dealkylation sites (N-methyl/N-ethyl adjacent to an activating group) is 1. The summed E-state index contributed by atoms with van der Waals surface area (Å²) in [4.78, 5) is 14.5. The van der Waals surface area contributed by atoms with Gasteiger partial charge in [-0.1, -0.05) is 37.3 Å². The Kier molecular flexibility index (Phi) is 6.06. The van der Waals surface area contributed by atoms with E-state index in [-0.39, 0.29) is 28.6 Å². The third-order valence-electron chi connectivity index (χ3n) is 4.19. The smallest absolute Gasteiger partial charge is 0.176 e. The second-order valence-electron chi connectivity index (χ2n) is 5.59. The van der Waals surface area contributed by atoms with E-state index in [1.807, 2.05) is 30.3 Å². The van der Waals surface area contributed by atoms with Gasteiger partial charge in [0.25, 0.3) is 0 Å². The molecule has 0 aliphatic heterocycles. The van der Waals surface area contributed by atoms with Gasteiger partial charge in [0, 0.05) is 17.6 Å². The van der Waals surface area contributed by atoms with E-state index in [4.69, 9.17) is 28.9 Å². The summed E-state index contributed by atoms with van der Waals surface area (Å²) in [6.07, 6.45) is 1.56.